The quantitative estimate of drug-likeness (QED) is 0.719. The Labute approximate surface area is 136 Å². The van der Waals surface area contributed by atoms with Gasteiger partial charge in [-0.1, -0.05) is 0 Å². The van der Waals surface area contributed by atoms with Crippen LogP contribution in [-0.2, 0) is 20.5 Å². The Bertz CT molecular complexity index is 590. The van der Waals surface area contributed by atoms with Crippen LogP contribution in [0.2, 0.25) is 0 Å². The molecule has 0 aliphatic carbocycles. The average molecular weight is 345 g/mol. The summed E-state index contributed by atoms with van der Waals surface area (Å²) in [5.41, 5.74) is 4.78. The minimum absolute atomic E-state index is 0.106. The zero-order valence-electron chi connectivity index (χ0n) is 12.7. The molecule has 2 amide bonds. The number of benzene rings is 1. The number of amides is 2. The summed E-state index contributed by atoms with van der Waals surface area (Å²) in [6.45, 7) is 0.761. The molecule has 0 spiro atoms. The molecule has 0 bridgehead atoms. The van der Waals surface area contributed by atoms with Crippen LogP contribution in [0.25, 0.3) is 0 Å². The molecular formula is C15H18F3N3O3. The lowest BCUT2D eigenvalue weighted by Crippen LogP contribution is -2.47. The first-order valence-corrected chi connectivity index (χ1v) is 7.40. The second-order valence-corrected chi connectivity index (χ2v) is 5.45. The van der Waals surface area contributed by atoms with Gasteiger partial charge >= 0.3 is 18.0 Å². The number of rotatable bonds is 3. The van der Waals surface area contributed by atoms with E-state index >= 15 is 0 Å². The van der Waals surface area contributed by atoms with Gasteiger partial charge in [0.2, 0.25) is 0 Å². The smallest absolute Gasteiger partial charge is 0.377 e. The minimum atomic E-state index is -4.46. The number of anilines is 1. The summed E-state index contributed by atoms with van der Waals surface area (Å²) < 4.78 is 42.7. The van der Waals surface area contributed by atoms with E-state index in [9.17, 15) is 22.8 Å². The van der Waals surface area contributed by atoms with Crippen molar-refractivity contribution < 1.29 is 27.5 Å². The second-order valence-electron chi connectivity index (χ2n) is 5.45. The lowest BCUT2D eigenvalue weighted by Gasteiger charge is -2.29. The van der Waals surface area contributed by atoms with Crippen molar-refractivity contribution in [2.45, 2.75) is 31.2 Å². The van der Waals surface area contributed by atoms with Crippen LogP contribution < -0.4 is 16.4 Å². The number of nitrogens with two attached hydrogens (primary N) is 1. The van der Waals surface area contributed by atoms with E-state index < -0.39 is 23.6 Å². The van der Waals surface area contributed by atoms with Crippen LogP contribution in [0.1, 0.15) is 18.4 Å². The number of carbonyl (C=O) groups excluding carboxylic acids is 2. The van der Waals surface area contributed by atoms with E-state index in [0.717, 1.165) is 24.3 Å². The van der Waals surface area contributed by atoms with Gasteiger partial charge in [-0.15, -0.1) is 0 Å². The molecule has 1 aliphatic heterocycles. The van der Waals surface area contributed by atoms with Gasteiger partial charge in [-0.3, -0.25) is 9.59 Å². The number of nitrogens with one attached hydrogen (secondary N) is 2. The highest BCUT2D eigenvalue weighted by molar-refractivity contribution is 6.39. The number of alkyl halides is 3. The molecule has 1 heterocycles. The maximum Gasteiger partial charge on any atom is 0.416 e. The van der Waals surface area contributed by atoms with Crippen LogP contribution in [0, 0.1) is 0 Å². The average Bonchev–Trinajstić information content (AvgIpc) is 2.54. The fraction of sp³-hybridized carbons (Fsp3) is 0.467. The van der Waals surface area contributed by atoms with Crippen molar-refractivity contribution in [1.29, 1.82) is 0 Å². The number of carbonyl (C=O) groups is 2. The van der Waals surface area contributed by atoms with Crippen molar-refractivity contribution in [3.8, 4) is 0 Å². The van der Waals surface area contributed by atoms with Crippen molar-refractivity contribution >= 4 is 17.5 Å². The molecular weight excluding hydrogens is 327 g/mol. The second kappa shape index (κ2) is 7.63. The third kappa shape index (κ3) is 4.93. The van der Waals surface area contributed by atoms with E-state index in [2.05, 4.69) is 10.6 Å². The van der Waals surface area contributed by atoms with Crippen LogP contribution >= 0.6 is 0 Å². The van der Waals surface area contributed by atoms with E-state index in [1.54, 1.807) is 0 Å². The summed E-state index contributed by atoms with van der Waals surface area (Å²) in [6.07, 6.45) is -3.55. The predicted molar refractivity (Wildman–Crippen MR) is 80.0 cm³/mol. The van der Waals surface area contributed by atoms with Gasteiger partial charge in [-0.25, -0.2) is 0 Å². The first kappa shape index (κ1) is 18.2. The van der Waals surface area contributed by atoms with Gasteiger partial charge < -0.3 is 21.1 Å². The lowest BCUT2D eigenvalue weighted by atomic mass is 10.0. The van der Waals surface area contributed by atoms with Crippen LogP contribution in [0.4, 0.5) is 18.9 Å². The minimum Gasteiger partial charge on any atom is -0.377 e. The molecule has 6 nitrogen and oxygen atoms in total. The summed E-state index contributed by atoms with van der Waals surface area (Å²) in [5.74, 6) is -1.79. The molecule has 1 fully saturated rings. The maximum absolute atomic E-state index is 12.5. The van der Waals surface area contributed by atoms with Crippen LogP contribution in [0.5, 0.6) is 0 Å². The molecule has 0 saturated carbocycles. The summed E-state index contributed by atoms with van der Waals surface area (Å²) in [6, 6.07) is 3.62. The van der Waals surface area contributed by atoms with Crippen molar-refractivity contribution in [1.82, 2.24) is 5.32 Å². The molecule has 1 saturated heterocycles. The largest absolute Gasteiger partial charge is 0.416 e. The number of hydrogen-bond acceptors (Lipinski definition) is 4. The van der Waals surface area contributed by atoms with Gasteiger partial charge in [0.05, 0.1) is 11.7 Å². The third-order valence-corrected chi connectivity index (χ3v) is 3.64. The highest BCUT2D eigenvalue weighted by Gasteiger charge is 2.30. The van der Waals surface area contributed by atoms with Crippen molar-refractivity contribution in [2.75, 3.05) is 18.5 Å². The molecule has 2 rings (SSSR count). The monoisotopic (exact) mass is 345 g/mol. The third-order valence-electron chi connectivity index (χ3n) is 3.64. The zero-order valence-corrected chi connectivity index (χ0v) is 12.7. The van der Waals surface area contributed by atoms with Gasteiger partial charge in [0.1, 0.15) is 0 Å². The first-order valence-electron chi connectivity index (χ1n) is 7.40. The van der Waals surface area contributed by atoms with Gasteiger partial charge in [0.15, 0.2) is 0 Å². The SMILES string of the molecule is NC[C@@H]1C[C@@H](NC(=O)C(=O)Nc2ccc(C(F)(F)F)cc2)CCO1. The van der Waals surface area contributed by atoms with Crippen molar-refractivity contribution in [3.05, 3.63) is 29.8 Å². The standard InChI is InChI=1S/C15H18F3N3O3/c16-15(17,18)9-1-3-10(4-2-9)20-13(22)14(23)21-11-5-6-24-12(7-11)8-19/h1-4,11-12H,5-8,19H2,(H,20,22)(H,21,23)/t11-,12-/m0/s1. The molecule has 24 heavy (non-hydrogen) atoms. The summed E-state index contributed by atoms with van der Waals surface area (Å²) in [7, 11) is 0. The topological polar surface area (TPSA) is 93.5 Å². The Kier molecular flexibility index (Phi) is 5.79. The normalized spacial score (nSPS) is 21.2. The van der Waals surface area contributed by atoms with E-state index in [1.165, 1.54) is 0 Å². The Morgan fingerprint density at radius 1 is 1.21 bits per heavy atom. The predicted octanol–water partition coefficient (Wildman–Crippen LogP) is 1.27. The summed E-state index contributed by atoms with van der Waals surface area (Å²) >= 11 is 0. The molecule has 1 aromatic rings. The number of hydrogen-bond donors (Lipinski definition) is 3. The fourth-order valence-electron chi connectivity index (χ4n) is 2.36. The molecule has 0 aromatic heterocycles. The molecule has 1 aromatic carbocycles. The Morgan fingerprint density at radius 2 is 1.88 bits per heavy atom. The molecule has 132 valence electrons. The van der Waals surface area contributed by atoms with Gasteiger partial charge in [0, 0.05) is 24.9 Å². The number of halogens is 3. The fourth-order valence-corrected chi connectivity index (χ4v) is 2.36. The van der Waals surface area contributed by atoms with Gasteiger partial charge in [0.25, 0.3) is 0 Å². The number of ether oxygens (including phenoxy) is 1. The molecule has 0 unspecified atom stereocenters. The maximum atomic E-state index is 12.5. The Balaban J connectivity index is 1.88. The van der Waals surface area contributed by atoms with Gasteiger partial charge in [-0.05, 0) is 37.1 Å². The van der Waals surface area contributed by atoms with E-state index in [-0.39, 0.29) is 17.8 Å². The lowest BCUT2D eigenvalue weighted by molar-refractivity contribution is -0.137. The molecule has 2 atom stereocenters. The molecule has 4 N–H and O–H groups in total. The highest BCUT2D eigenvalue weighted by atomic mass is 19.4. The van der Waals surface area contributed by atoms with Crippen LogP contribution in [0.15, 0.2) is 24.3 Å². The van der Waals surface area contributed by atoms with E-state index in [4.69, 9.17) is 10.5 Å². The van der Waals surface area contributed by atoms with Crippen LogP contribution in [-0.4, -0.2) is 37.1 Å². The van der Waals surface area contributed by atoms with Crippen molar-refractivity contribution in [2.24, 2.45) is 5.73 Å². The highest BCUT2D eigenvalue weighted by Crippen LogP contribution is 2.29. The van der Waals surface area contributed by atoms with Gasteiger partial charge in [-0.2, -0.15) is 13.2 Å². The Hall–Kier alpha value is -2.13. The summed E-state index contributed by atoms with van der Waals surface area (Å²) in [4.78, 5) is 23.7. The van der Waals surface area contributed by atoms with Crippen LogP contribution in [0.3, 0.4) is 0 Å². The molecule has 1 aliphatic rings. The Morgan fingerprint density at radius 3 is 2.46 bits per heavy atom. The van der Waals surface area contributed by atoms with E-state index in [0.29, 0.717) is 26.0 Å². The molecule has 9 heteroatoms. The van der Waals surface area contributed by atoms with E-state index in [1.807, 2.05) is 0 Å². The molecule has 0 radical (unpaired) electrons. The summed E-state index contributed by atoms with van der Waals surface area (Å²) in [5, 5.41) is 4.83. The first-order chi connectivity index (χ1) is 11.3. The van der Waals surface area contributed by atoms with Crippen molar-refractivity contribution in [3.63, 3.8) is 0 Å². The zero-order chi connectivity index (χ0) is 17.7.